The van der Waals surface area contributed by atoms with Crippen LogP contribution in [0.5, 0.6) is 0 Å². The minimum absolute atomic E-state index is 0.0667. The summed E-state index contributed by atoms with van der Waals surface area (Å²) < 4.78 is 1.50. The number of rotatable bonds is 4. The molecule has 4 heterocycles. The van der Waals surface area contributed by atoms with Crippen molar-refractivity contribution in [2.24, 2.45) is 0 Å². The molecule has 158 valence electrons. The topological polar surface area (TPSA) is 112 Å². The van der Waals surface area contributed by atoms with Crippen molar-refractivity contribution in [2.75, 3.05) is 18.4 Å². The van der Waals surface area contributed by atoms with E-state index in [1.807, 2.05) is 19.9 Å². The van der Waals surface area contributed by atoms with Crippen LogP contribution < -0.4 is 10.9 Å². The molecule has 0 radical (unpaired) electrons. The average molecular weight is 429 g/mol. The van der Waals surface area contributed by atoms with Crippen molar-refractivity contribution in [2.45, 2.75) is 46.0 Å². The zero-order valence-electron chi connectivity index (χ0n) is 17.2. The van der Waals surface area contributed by atoms with Crippen LogP contribution in [0, 0.1) is 6.92 Å². The number of nitrogens with one attached hydrogen (secondary N) is 2. The van der Waals surface area contributed by atoms with E-state index >= 15 is 0 Å². The maximum absolute atomic E-state index is 12.9. The van der Waals surface area contributed by atoms with Gasteiger partial charge in [0.15, 0.2) is 10.8 Å². The molecule has 3 aromatic rings. The van der Waals surface area contributed by atoms with E-state index < -0.39 is 0 Å². The second-order valence-corrected chi connectivity index (χ2v) is 8.41. The number of thiazole rings is 1. The number of aryl methyl sites for hydroxylation is 1. The molecular weight excluding hydrogens is 404 g/mol. The number of likely N-dealkylation sites (tertiary alicyclic amines) is 1. The van der Waals surface area contributed by atoms with Gasteiger partial charge in [-0.3, -0.25) is 19.5 Å². The highest BCUT2D eigenvalue weighted by molar-refractivity contribution is 7.14. The monoisotopic (exact) mass is 428 g/mol. The minimum atomic E-state index is -0.217. The van der Waals surface area contributed by atoms with Gasteiger partial charge in [-0.2, -0.15) is 0 Å². The van der Waals surface area contributed by atoms with Crippen molar-refractivity contribution in [1.82, 2.24) is 24.5 Å². The lowest BCUT2D eigenvalue weighted by molar-refractivity contribution is -0.114. The number of fused-ring (bicyclic) bond motifs is 1. The summed E-state index contributed by atoms with van der Waals surface area (Å²) >= 11 is 1.23. The predicted octanol–water partition coefficient (Wildman–Crippen LogP) is 2.33. The first kappa shape index (κ1) is 20.3. The van der Waals surface area contributed by atoms with Gasteiger partial charge in [-0.25, -0.2) is 14.5 Å². The zero-order chi connectivity index (χ0) is 21.4. The highest BCUT2D eigenvalue weighted by Crippen LogP contribution is 2.28. The Labute approximate surface area is 177 Å². The van der Waals surface area contributed by atoms with E-state index in [0.29, 0.717) is 41.5 Å². The normalized spacial score (nSPS) is 16.8. The Kier molecular flexibility index (Phi) is 5.42. The van der Waals surface area contributed by atoms with Crippen molar-refractivity contribution in [3.8, 4) is 0 Å². The third-order valence-electron chi connectivity index (χ3n) is 5.44. The second-order valence-electron chi connectivity index (χ2n) is 7.55. The number of aromatic nitrogens is 4. The number of hydrogen-bond acceptors (Lipinski definition) is 6. The van der Waals surface area contributed by atoms with Gasteiger partial charge in [-0.1, -0.05) is 6.92 Å². The Bertz CT molecular complexity index is 1180. The van der Waals surface area contributed by atoms with Crippen LogP contribution in [-0.4, -0.2) is 49.4 Å². The fraction of sp³-hybridized carbons (Fsp3) is 0.450. The van der Waals surface area contributed by atoms with Gasteiger partial charge >= 0.3 is 0 Å². The van der Waals surface area contributed by atoms with E-state index in [1.54, 1.807) is 10.3 Å². The van der Waals surface area contributed by atoms with Crippen LogP contribution in [-0.2, 0) is 11.2 Å². The van der Waals surface area contributed by atoms with Crippen LogP contribution in [0.1, 0.15) is 60.0 Å². The van der Waals surface area contributed by atoms with Crippen LogP contribution in [0.3, 0.4) is 0 Å². The quantitative estimate of drug-likeness (QED) is 0.662. The Morgan fingerprint density at radius 3 is 2.90 bits per heavy atom. The summed E-state index contributed by atoms with van der Waals surface area (Å²) in [6.45, 7) is 6.40. The smallest absolute Gasteiger partial charge is 0.276 e. The Morgan fingerprint density at radius 1 is 1.37 bits per heavy atom. The molecule has 1 unspecified atom stereocenters. The fourth-order valence-electron chi connectivity index (χ4n) is 3.96. The summed E-state index contributed by atoms with van der Waals surface area (Å²) in [5.74, 6) is -0.281. The maximum Gasteiger partial charge on any atom is 0.276 e. The molecule has 0 bridgehead atoms. The molecule has 3 aromatic heterocycles. The van der Waals surface area contributed by atoms with E-state index in [9.17, 15) is 14.4 Å². The van der Waals surface area contributed by atoms with Gasteiger partial charge in [-0.15, -0.1) is 11.3 Å². The number of piperidine rings is 1. The van der Waals surface area contributed by atoms with Gasteiger partial charge in [0.1, 0.15) is 5.69 Å². The summed E-state index contributed by atoms with van der Waals surface area (Å²) in [5.41, 5.74) is 3.24. The van der Waals surface area contributed by atoms with Gasteiger partial charge in [0, 0.05) is 54.3 Å². The molecule has 1 fully saturated rings. The first-order valence-electron chi connectivity index (χ1n) is 10.0. The molecule has 0 aromatic carbocycles. The lowest BCUT2D eigenvalue weighted by atomic mass is 9.94. The first-order chi connectivity index (χ1) is 14.4. The van der Waals surface area contributed by atoms with Gasteiger partial charge in [0.2, 0.25) is 5.91 Å². The van der Waals surface area contributed by atoms with E-state index in [0.717, 1.165) is 24.2 Å². The zero-order valence-corrected chi connectivity index (χ0v) is 18.0. The van der Waals surface area contributed by atoms with Crippen LogP contribution in [0.15, 0.2) is 16.2 Å². The highest BCUT2D eigenvalue weighted by Gasteiger charge is 2.28. The molecule has 1 aliphatic rings. The van der Waals surface area contributed by atoms with E-state index in [1.165, 1.54) is 22.8 Å². The Morgan fingerprint density at radius 2 is 2.17 bits per heavy atom. The molecule has 30 heavy (non-hydrogen) atoms. The van der Waals surface area contributed by atoms with Gasteiger partial charge < -0.3 is 10.2 Å². The molecule has 9 nitrogen and oxygen atoms in total. The molecule has 4 rings (SSSR count). The van der Waals surface area contributed by atoms with Crippen molar-refractivity contribution in [3.63, 3.8) is 0 Å². The summed E-state index contributed by atoms with van der Waals surface area (Å²) in [4.78, 5) is 47.4. The number of H-pyrrole nitrogens is 1. The minimum Gasteiger partial charge on any atom is -0.337 e. The number of anilines is 1. The molecule has 0 spiro atoms. The molecule has 1 saturated heterocycles. The molecule has 2 N–H and O–H groups in total. The average Bonchev–Trinajstić information content (AvgIpc) is 3.34. The lowest BCUT2D eigenvalue weighted by Gasteiger charge is -2.31. The predicted molar refractivity (Wildman–Crippen MR) is 114 cm³/mol. The van der Waals surface area contributed by atoms with Crippen molar-refractivity contribution in [1.29, 1.82) is 0 Å². The Balaban J connectivity index is 1.56. The molecule has 1 atom stereocenters. The summed E-state index contributed by atoms with van der Waals surface area (Å²) in [6, 6.07) is 1.91. The molecule has 2 amide bonds. The molecule has 10 heteroatoms. The van der Waals surface area contributed by atoms with Crippen molar-refractivity contribution >= 4 is 33.9 Å². The van der Waals surface area contributed by atoms with Gasteiger partial charge in [-0.05, 0) is 26.2 Å². The highest BCUT2D eigenvalue weighted by atomic mass is 32.1. The summed E-state index contributed by atoms with van der Waals surface area (Å²) in [6.07, 6.45) is 2.41. The largest absolute Gasteiger partial charge is 0.337 e. The fourth-order valence-corrected chi connectivity index (χ4v) is 4.69. The third-order valence-corrected chi connectivity index (χ3v) is 6.20. The molecular formula is C20H24N6O3S. The van der Waals surface area contributed by atoms with E-state index in [4.69, 9.17) is 0 Å². The van der Waals surface area contributed by atoms with Crippen LogP contribution >= 0.6 is 11.3 Å². The van der Waals surface area contributed by atoms with Crippen LogP contribution in [0.2, 0.25) is 0 Å². The van der Waals surface area contributed by atoms with Crippen molar-refractivity contribution < 1.29 is 9.59 Å². The summed E-state index contributed by atoms with van der Waals surface area (Å²) in [7, 11) is 0. The number of aromatic amines is 1. The second kappa shape index (κ2) is 8.02. The van der Waals surface area contributed by atoms with Crippen LogP contribution in [0.25, 0.3) is 5.65 Å². The Hall–Kier alpha value is -3.01. The SMILES string of the molecule is CCc1c(C)nc2cc(C3CCCN(C(=O)c4csc(NC(C)=O)n4)C3)[nH]n2c1=O. The first-order valence-corrected chi connectivity index (χ1v) is 10.9. The number of hydrogen-bond donors (Lipinski definition) is 2. The van der Waals surface area contributed by atoms with Gasteiger partial charge in [0.25, 0.3) is 11.5 Å². The number of carbonyl (C=O) groups excluding carboxylic acids is 2. The number of nitrogens with zero attached hydrogens (tertiary/aromatic N) is 4. The van der Waals surface area contributed by atoms with E-state index in [2.05, 4.69) is 20.4 Å². The standard InChI is InChI=1S/C20H24N6O3S/c1-4-14-11(2)21-17-8-15(24-26(17)18(14)28)13-6-5-7-25(9-13)19(29)16-10-30-20(23-16)22-12(3)27/h8,10,13,24H,4-7,9H2,1-3H3,(H,22,23,27). The van der Waals surface area contributed by atoms with Crippen LogP contribution in [0.4, 0.5) is 5.13 Å². The summed E-state index contributed by atoms with van der Waals surface area (Å²) in [5, 5.41) is 7.89. The molecule has 0 saturated carbocycles. The lowest BCUT2D eigenvalue weighted by Crippen LogP contribution is -2.39. The molecule has 1 aliphatic heterocycles. The van der Waals surface area contributed by atoms with Crippen molar-refractivity contribution in [3.05, 3.63) is 44.4 Å². The van der Waals surface area contributed by atoms with E-state index in [-0.39, 0.29) is 23.3 Å². The number of amides is 2. The van der Waals surface area contributed by atoms with Gasteiger partial charge in [0.05, 0.1) is 0 Å². The third kappa shape index (κ3) is 3.74. The number of carbonyl (C=O) groups is 2. The maximum atomic E-state index is 12.9. The molecule has 0 aliphatic carbocycles.